The van der Waals surface area contributed by atoms with Crippen LogP contribution >= 0.6 is 11.3 Å². The molecule has 3 rings (SSSR count). The highest BCUT2D eigenvalue weighted by molar-refractivity contribution is 7.18. The molecule has 1 aromatic heterocycles. The quantitative estimate of drug-likeness (QED) is 0.574. The van der Waals surface area contributed by atoms with Crippen LogP contribution in [-0.2, 0) is 9.53 Å². The van der Waals surface area contributed by atoms with E-state index in [9.17, 15) is 14.4 Å². The average Bonchev–Trinajstić information content (AvgIpc) is 3.10. The number of ether oxygens (including phenoxy) is 1. The monoisotopic (exact) mass is 442 g/mol. The van der Waals surface area contributed by atoms with Gasteiger partial charge in [0.05, 0.1) is 23.1 Å². The first kappa shape index (κ1) is 23.0. The van der Waals surface area contributed by atoms with Crippen LogP contribution < -0.4 is 10.6 Å². The van der Waals surface area contributed by atoms with Gasteiger partial charge in [-0.05, 0) is 44.7 Å². The van der Waals surface area contributed by atoms with E-state index in [1.807, 2.05) is 37.3 Å². The van der Waals surface area contributed by atoms with E-state index in [4.69, 9.17) is 4.74 Å². The standard InChI is InChI=1S/C24H30N2O4S/c1-4-30-24(29)19-15(2)20(22(28)25-16(3)17-11-7-5-8-12-17)31-23(19)26-21(27)18-13-9-6-10-14-18/h5,7-8,11-12,16,18H,4,6,9-10,13-14H2,1-3H3,(H,25,28)(H,26,27). The maximum Gasteiger partial charge on any atom is 0.341 e. The van der Waals surface area contributed by atoms with Gasteiger partial charge in [-0.1, -0.05) is 49.6 Å². The van der Waals surface area contributed by atoms with Crippen molar-refractivity contribution >= 4 is 34.1 Å². The van der Waals surface area contributed by atoms with Crippen LogP contribution in [0, 0.1) is 12.8 Å². The highest BCUT2D eigenvalue weighted by Gasteiger charge is 2.29. The molecule has 7 heteroatoms. The van der Waals surface area contributed by atoms with Crippen LogP contribution in [0.15, 0.2) is 30.3 Å². The fraction of sp³-hybridized carbons (Fsp3) is 0.458. The minimum Gasteiger partial charge on any atom is -0.462 e. The summed E-state index contributed by atoms with van der Waals surface area (Å²) in [5.41, 5.74) is 1.79. The molecule has 1 saturated carbocycles. The van der Waals surface area contributed by atoms with Gasteiger partial charge in [-0.15, -0.1) is 11.3 Å². The van der Waals surface area contributed by atoms with Crippen molar-refractivity contribution in [2.75, 3.05) is 11.9 Å². The topological polar surface area (TPSA) is 84.5 Å². The van der Waals surface area contributed by atoms with E-state index in [0.29, 0.717) is 15.4 Å². The summed E-state index contributed by atoms with van der Waals surface area (Å²) in [5, 5.41) is 6.30. The van der Waals surface area contributed by atoms with Gasteiger partial charge >= 0.3 is 5.97 Å². The van der Waals surface area contributed by atoms with Crippen molar-refractivity contribution < 1.29 is 19.1 Å². The Kier molecular flexibility index (Phi) is 7.85. The molecule has 0 bridgehead atoms. The van der Waals surface area contributed by atoms with Crippen molar-refractivity contribution in [1.82, 2.24) is 5.32 Å². The number of nitrogens with one attached hydrogen (secondary N) is 2. The zero-order valence-corrected chi connectivity index (χ0v) is 19.1. The summed E-state index contributed by atoms with van der Waals surface area (Å²) in [6, 6.07) is 9.48. The molecule has 1 atom stereocenters. The lowest BCUT2D eigenvalue weighted by molar-refractivity contribution is -0.120. The van der Waals surface area contributed by atoms with Gasteiger partial charge in [0.25, 0.3) is 5.91 Å². The zero-order chi connectivity index (χ0) is 22.4. The van der Waals surface area contributed by atoms with Crippen molar-refractivity contribution in [2.24, 2.45) is 5.92 Å². The zero-order valence-electron chi connectivity index (χ0n) is 18.3. The van der Waals surface area contributed by atoms with Gasteiger partial charge in [0.1, 0.15) is 5.00 Å². The summed E-state index contributed by atoms with van der Waals surface area (Å²) >= 11 is 1.13. The fourth-order valence-electron chi connectivity index (χ4n) is 3.93. The van der Waals surface area contributed by atoms with Crippen molar-refractivity contribution in [3.05, 3.63) is 51.9 Å². The van der Waals surface area contributed by atoms with Gasteiger partial charge in [-0.2, -0.15) is 0 Å². The molecule has 166 valence electrons. The highest BCUT2D eigenvalue weighted by Crippen LogP contribution is 2.35. The number of carbonyl (C=O) groups is 3. The van der Waals surface area contributed by atoms with E-state index in [1.165, 1.54) is 0 Å². The van der Waals surface area contributed by atoms with E-state index in [-0.39, 0.29) is 35.9 Å². The molecule has 2 aromatic rings. The average molecular weight is 443 g/mol. The Bertz CT molecular complexity index is 933. The predicted octanol–water partition coefficient (Wildman–Crippen LogP) is 5.24. The third-order valence-corrected chi connectivity index (χ3v) is 6.90. The number of hydrogen-bond donors (Lipinski definition) is 2. The summed E-state index contributed by atoms with van der Waals surface area (Å²) < 4.78 is 5.20. The molecule has 1 unspecified atom stereocenters. The maximum atomic E-state index is 13.0. The molecule has 1 aliphatic carbocycles. The first-order valence-electron chi connectivity index (χ1n) is 10.9. The molecule has 6 nitrogen and oxygen atoms in total. The molecular formula is C24H30N2O4S. The number of rotatable bonds is 7. The summed E-state index contributed by atoms with van der Waals surface area (Å²) in [6.07, 6.45) is 4.94. The number of esters is 1. The third-order valence-electron chi connectivity index (χ3n) is 5.69. The minimum absolute atomic E-state index is 0.0541. The molecule has 0 aliphatic heterocycles. The fourth-order valence-corrected chi connectivity index (χ4v) is 5.03. The van der Waals surface area contributed by atoms with Crippen LogP contribution in [-0.4, -0.2) is 24.4 Å². The van der Waals surface area contributed by atoms with E-state index < -0.39 is 5.97 Å². The van der Waals surface area contributed by atoms with Crippen molar-refractivity contribution in [2.45, 2.75) is 58.9 Å². The van der Waals surface area contributed by atoms with Gasteiger partial charge in [0.15, 0.2) is 0 Å². The Balaban J connectivity index is 1.84. The molecule has 2 amide bonds. The number of thiophene rings is 1. The van der Waals surface area contributed by atoms with Gasteiger partial charge in [0.2, 0.25) is 5.91 Å². The summed E-state index contributed by atoms with van der Waals surface area (Å²) in [6.45, 7) is 5.58. The maximum absolute atomic E-state index is 13.0. The number of benzene rings is 1. The Labute approximate surface area is 187 Å². The van der Waals surface area contributed by atoms with Crippen molar-refractivity contribution in [3.8, 4) is 0 Å². The molecule has 0 spiro atoms. The van der Waals surface area contributed by atoms with Gasteiger partial charge in [-0.3, -0.25) is 9.59 Å². The van der Waals surface area contributed by atoms with Gasteiger partial charge < -0.3 is 15.4 Å². The second kappa shape index (κ2) is 10.6. The largest absolute Gasteiger partial charge is 0.462 e. The molecular weight excluding hydrogens is 412 g/mol. The minimum atomic E-state index is -0.523. The van der Waals surface area contributed by atoms with Crippen LogP contribution in [0.2, 0.25) is 0 Å². The second-order valence-electron chi connectivity index (χ2n) is 7.91. The lowest BCUT2D eigenvalue weighted by Gasteiger charge is -2.20. The third kappa shape index (κ3) is 5.53. The first-order valence-corrected chi connectivity index (χ1v) is 11.7. The van der Waals surface area contributed by atoms with E-state index in [1.54, 1.807) is 13.8 Å². The van der Waals surface area contributed by atoms with Crippen LogP contribution in [0.5, 0.6) is 0 Å². The normalized spacial score (nSPS) is 15.2. The Morgan fingerprint density at radius 2 is 1.81 bits per heavy atom. The number of amides is 2. The van der Waals surface area contributed by atoms with Crippen molar-refractivity contribution in [1.29, 1.82) is 0 Å². The van der Waals surface area contributed by atoms with Crippen LogP contribution in [0.4, 0.5) is 5.00 Å². The molecule has 1 aromatic carbocycles. The second-order valence-corrected chi connectivity index (χ2v) is 8.93. The molecule has 0 saturated heterocycles. The molecule has 0 radical (unpaired) electrons. The molecule has 1 heterocycles. The van der Waals surface area contributed by atoms with E-state index >= 15 is 0 Å². The number of anilines is 1. The van der Waals surface area contributed by atoms with E-state index in [0.717, 1.165) is 49.0 Å². The first-order chi connectivity index (χ1) is 14.9. The highest BCUT2D eigenvalue weighted by atomic mass is 32.1. The molecule has 1 fully saturated rings. The summed E-state index contributed by atoms with van der Waals surface area (Å²) in [5.74, 6) is -0.939. The van der Waals surface area contributed by atoms with Crippen LogP contribution in [0.3, 0.4) is 0 Å². The Hall–Kier alpha value is -2.67. The van der Waals surface area contributed by atoms with Crippen LogP contribution in [0.25, 0.3) is 0 Å². The Morgan fingerprint density at radius 1 is 1.13 bits per heavy atom. The lowest BCUT2D eigenvalue weighted by atomic mass is 9.89. The van der Waals surface area contributed by atoms with Gasteiger partial charge in [-0.25, -0.2) is 4.79 Å². The van der Waals surface area contributed by atoms with Crippen LogP contribution in [0.1, 0.15) is 83.1 Å². The lowest BCUT2D eigenvalue weighted by Crippen LogP contribution is -2.26. The van der Waals surface area contributed by atoms with E-state index in [2.05, 4.69) is 10.6 Å². The number of hydrogen-bond acceptors (Lipinski definition) is 5. The number of carbonyl (C=O) groups excluding carboxylic acids is 3. The molecule has 31 heavy (non-hydrogen) atoms. The summed E-state index contributed by atoms with van der Waals surface area (Å²) in [7, 11) is 0. The van der Waals surface area contributed by atoms with Gasteiger partial charge in [0, 0.05) is 5.92 Å². The van der Waals surface area contributed by atoms with Crippen molar-refractivity contribution in [3.63, 3.8) is 0 Å². The smallest absolute Gasteiger partial charge is 0.341 e. The molecule has 2 N–H and O–H groups in total. The molecule has 1 aliphatic rings. The Morgan fingerprint density at radius 3 is 2.45 bits per heavy atom. The predicted molar refractivity (Wildman–Crippen MR) is 123 cm³/mol. The summed E-state index contributed by atoms with van der Waals surface area (Å²) in [4.78, 5) is 38.8. The SMILES string of the molecule is CCOC(=O)c1c(NC(=O)C2CCCCC2)sc(C(=O)NC(C)c2ccccc2)c1C.